The first-order valence-electron chi connectivity index (χ1n) is 8.93. The van der Waals surface area contributed by atoms with Crippen LogP contribution in [0.5, 0.6) is 0 Å². The van der Waals surface area contributed by atoms with Gasteiger partial charge in [0.05, 0.1) is 0 Å². The van der Waals surface area contributed by atoms with Crippen LogP contribution in [0.3, 0.4) is 0 Å². The normalized spacial score (nSPS) is 23.1. The average molecular weight is 411 g/mol. The molecule has 0 saturated carbocycles. The molecule has 1 amide bonds. The van der Waals surface area contributed by atoms with Gasteiger partial charge in [0.25, 0.3) is 10.0 Å². The summed E-state index contributed by atoms with van der Waals surface area (Å²) in [7, 11) is -3.67. The fourth-order valence-electron chi connectivity index (χ4n) is 3.74. The lowest BCUT2D eigenvalue weighted by atomic mass is 10.1. The number of amidine groups is 1. The Bertz CT molecular complexity index is 898. The fraction of sp³-hybridized carbons (Fsp3) is 0.444. The second kappa shape index (κ2) is 8.00. The number of hydrogen-bond donors (Lipinski definition) is 2. The Morgan fingerprint density at radius 1 is 1.33 bits per heavy atom. The highest BCUT2D eigenvalue weighted by Gasteiger charge is 2.39. The Labute approximate surface area is 165 Å². The van der Waals surface area contributed by atoms with Crippen LogP contribution in [0.25, 0.3) is 0 Å². The quantitative estimate of drug-likeness (QED) is 0.727. The number of hydrogen-bond acceptors (Lipinski definition) is 5. The molecule has 0 radical (unpaired) electrons. The van der Waals surface area contributed by atoms with Gasteiger partial charge in [-0.2, -0.15) is 8.42 Å². The van der Waals surface area contributed by atoms with Crippen LogP contribution in [0.2, 0.25) is 0 Å². The van der Waals surface area contributed by atoms with E-state index in [0.717, 1.165) is 25.9 Å². The van der Waals surface area contributed by atoms with Crippen LogP contribution < -0.4 is 10.6 Å². The van der Waals surface area contributed by atoms with Crippen molar-refractivity contribution in [1.82, 2.24) is 15.5 Å². The van der Waals surface area contributed by atoms with Gasteiger partial charge in [0.2, 0.25) is 5.91 Å². The van der Waals surface area contributed by atoms with Crippen molar-refractivity contribution in [3.05, 3.63) is 41.5 Å². The van der Waals surface area contributed by atoms with E-state index in [9.17, 15) is 13.2 Å². The van der Waals surface area contributed by atoms with Gasteiger partial charge in [-0.25, -0.2) is 0 Å². The third-order valence-corrected chi connectivity index (χ3v) is 6.41. The molecule has 2 N–H and O–H groups in total. The smallest absolute Gasteiger partial charge is 0.285 e. The monoisotopic (exact) mass is 410 g/mol. The highest BCUT2D eigenvalue weighted by Crippen LogP contribution is 2.31. The molecule has 1 saturated heterocycles. The molecule has 3 aliphatic heterocycles. The molecule has 4 rings (SSSR count). The number of carbonyl (C=O) groups is 1. The zero-order valence-electron chi connectivity index (χ0n) is 14.8. The zero-order valence-corrected chi connectivity index (χ0v) is 16.5. The summed E-state index contributed by atoms with van der Waals surface area (Å²) in [5.74, 6) is 0.339. The number of likely N-dealkylation sites (tertiary alicyclic amines) is 1. The standard InChI is InChI=1S/C18H22N4O3S.ClH/c23-18(20-12-13-7-9-19-10-8-13)15-5-3-11-22(15)17-14-4-1-2-6-16(14)26(24,25)21-17;/h1-2,4,6-7,15,19H,3,5,8-12H2,(H,20,23);1H. The summed E-state index contributed by atoms with van der Waals surface area (Å²) in [5.41, 5.74) is 1.82. The number of carbonyl (C=O) groups excluding carboxylic acids is 1. The zero-order chi connectivity index (χ0) is 18.1. The third-order valence-electron chi connectivity index (χ3n) is 5.09. The van der Waals surface area contributed by atoms with Crippen molar-refractivity contribution >= 4 is 34.2 Å². The molecule has 1 aromatic carbocycles. The maximum absolute atomic E-state index is 12.7. The van der Waals surface area contributed by atoms with Gasteiger partial charge in [-0.3, -0.25) is 4.79 Å². The lowest BCUT2D eigenvalue weighted by Gasteiger charge is -2.26. The maximum Gasteiger partial charge on any atom is 0.285 e. The van der Waals surface area contributed by atoms with Crippen molar-refractivity contribution in [3.8, 4) is 0 Å². The van der Waals surface area contributed by atoms with Crippen molar-refractivity contribution in [1.29, 1.82) is 0 Å². The van der Waals surface area contributed by atoms with Gasteiger partial charge in [0, 0.05) is 25.2 Å². The number of benzene rings is 1. The molecule has 1 aromatic rings. The number of sulfonamides is 1. The molecule has 0 aromatic heterocycles. The Balaban J connectivity index is 0.00000210. The molecule has 1 fully saturated rings. The summed E-state index contributed by atoms with van der Waals surface area (Å²) in [4.78, 5) is 14.8. The van der Waals surface area contributed by atoms with Gasteiger partial charge >= 0.3 is 0 Å². The van der Waals surface area contributed by atoms with E-state index in [-0.39, 0.29) is 29.3 Å². The average Bonchev–Trinajstić information content (AvgIpc) is 3.24. The van der Waals surface area contributed by atoms with Crippen LogP contribution in [0, 0.1) is 0 Å². The molecular weight excluding hydrogens is 388 g/mol. The Morgan fingerprint density at radius 3 is 2.93 bits per heavy atom. The van der Waals surface area contributed by atoms with Gasteiger partial charge in [-0.05, 0) is 37.9 Å². The molecule has 0 bridgehead atoms. The first-order chi connectivity index (χ1) is 12.6. The fourth-order valence-corrected chi connectivity index (χ4v) is 4.95. The second-order valence-corrected chi connectivity index (χ2v) is 8.34. The van der Waals surface area contributed by atoms with E-state index in [1.165, 1.54) is 5.57 Å². The minimum atomic E-state index is -3.67. The first-order valence-corrected chi connectivity index (χ1v) is 10.4. The predicted molar refractivity (Wildman–Crippen MR) is 106 cm³/mol. The van der Waals surface area contributed by atoms with Gasteiger partial charge in [-0.1, -0.05) is 23.8 Å². The largest absolute Gasteiger partial charge is 0.351 e. The molecule has 27 heavy (non-hydrogen) atoms. The molecule has 1 atom stereocenters. The van der Waals surface area contributed by atoms with Gasteiger partial charge in [0.1, 0.15) is 10.9 Å². The molecule has 7 nitrogen and oxygen atoms in total. The molecule has 3 aliphatic rings. The van der Waals surface area contributed by atoms with E-state index >= 15 is 0 Å². The second-order valence-electron chi connectivity index (χ2n) is 6.77. The van der Waals surface area contributed by atoms with Crippen molar-refractivity contribution in [2.75, 3.05) is 26.2 Å². The Hall–Kier alpha value is -1.90. The SMILES string of the molecule is Cl.O=C(NCC1=CCNCC1)C1CCCN1C1=NS(=O)(=O)c2ccccc21. The van der Waals surface area contributed by atoms with Crippen molar-refractivity contribution in [2.45, 2.75) is 30.2 Å². The van der Waals surface area contributed by atoms with E-state index in [0.29, 0.717) is 30.9 Å². The number of nitrogens with one attached hydrogen (secondary N) is 2. The molecule has 0 aliphatic carbocycles. The van der Waals surface area contributed by atoms with Gasteiger partial charge in [-0.15, -0.1) is 16.8 Å². The van der Waals surface area contributed by atoms with E-state index in [1.54, 1.807) is 24.3 Å². The first kappa shape index (κ1) is 19.9. The maximum atomic E-state index is 12.7. The van der Waals surface area contributed by atoms with Crippen LogP contribution in [0.1, 0.15) is 24.8 Å². The number of amides is 1. The van der Waals surface area contributed by atoms with Crippen LogP contribution in [0.4, 0.5) is 0 Å². The minimum absolute atomic E-state index is 0. The van der Waals surface area contributed by atoms with Gasteiger partial charge in [0.15, 0.2) is 5.84 Å². The van der Waals surface area contributed by atoms with Crippen LogP contribution >= 0.6 is 12.4 Å². The Morgan fingerprint density at radius 2 is 2.15 bits per heavy atom. The van der Waals surface area contributed by atoms with E-state index in [2.05, 4.69) is 21.1 Å². The lowest BCUT2D eigenvalue weighted by molar-refractivity contribution is -0.124. The minimum Gasteiger partial charge on any atom is -0.351 e. The van der Waals surface area contributed by atoms with E-state index in [4.69, 9.17) is 0 Å². The van der Waals surface area contributed by atoms with Crippen molar-refractivity contribution in [2.24, 2.45) is 4.40 Å². The molecule has 146 valence electrons. The van der Waals surface area contributed by atoms with E-state index < -0.39 is 10.0 Å². The molecule has 3 heterocycles. The van der Waals surface area contributed by atoms with Gasteiger partial charge < -0.3 is 15.5 Å². The lowest BCUT2D eigenvalue weighted by Crippen LogP contribution is -2.46. The molecule has 9 heteroatoms. The third kappa shape index (κ3) is 3.88. The number of nitrogens with zero attached hydrogens (tertiary/aromatic N) is 2. The summed E-state index contributed by atoms with van der Waals surface area (Å²) in [5, 5.41) is 6.26. The van der Waals surface area contributed by atoms with Crippen LogP contribution in [-0.4, -0.2) is 57.3 Å². The summed E-state index contributed by atoms with van der Waals surface area (Å²) in [6.45, 7) is 2.95. The van der Waals surface area contributed by atoms with Crippen LogP contribution in [0.15, 0.2) is 45.2 Å². The number of fused-ring (bicyclic) bond motifs is 1. The summed E-state index contributed by atoms with van der Waals surface area (Å²) in [6, 6.07) is 6.43. The Kier molecular flexibility index (Phi) is 5.88. The van der Waals surface area contributed by atoms with Crippen molar-refractivity contribution in [3.63, 3.8) is 0 Å². The predicted octanol–water partition coefficient (Wildman–Crippen LogP) is 1.06. The van der Waals surface area contributed by atoms with Crippen LogP contribution in [-0.2, 0) is 14.8 Å². The summed E-state index contributed by atoms with van der Waals surface area (Å²) in [6.07, 6.45) is 4.59. The molecular formula is C18H23ClN4O3S. The highest BCUT2D eigenvalue weighted by atomic mass is 35.5. The number of halogens is 1. The van der Waals surface area contributed by atoms with E-state index in [1.807, 2.05) is 4.90 Å². The van der Waals surface area contributed by atoms with Crippen molar-refractivity contribution < 1.29 is 13.2 Å². The topological polar surface area (TPSA) is 90.9 Å². The summed E-state index contributed by atoms with van der Waals surface area (Å²) >= 11 is 0. The highest BCUT2D eigenvalue weighted by molar-refractivity contribution is 7.90. The number of rotatable bonds is 3. The molecule has 1 unspecified atom stereocenters. The molecule has 0 spiro atoms. The summed E-state index contributed by atoms with van der Waals surface area (Å²) < 4.78 is 28.6.